The van der Waals surface area contributed by atoms with Crippen molar-refractivity contribution in [3.8, 4) is 22.6 Å². The minimum Gasteiger partial charge on any atom is -0.494 e. The van der Waals surface area contributed by atoms with E-state index in [1.54, 1.807) is 31.1 Å². The lowest BCUT2D eigenvalue weighted by atomic mass is 10.1. The number of hydrogen-bond donors (Lipinski definition) is 0. The first kappa shape index (κ1) is 22.8. The highest BCUT2D eigenvalue weighted by atomic mass is 19.1. The van der Waals surface area contributed by atoms with E-state index in [9.17, 15) is 4.39 Å². The number of benzene rings is 2. The van der Waals surface area contributed by atoms with Crippen LogP contribution in [0.5, 0.6) is 11.5 Å². The monoisotopic (exact) mass is 456 g/mol. The number of rotatable bonds is 13. The Morgan fingerprint density at radius 1 is 0.636 bits per heavy atom. The van der Waals surface area contributed by atoms with Crippen molar-refractivity contribution in [1.29, 1.82) is 0 Å². The minimum atomic E-state index is -0.370. The number of halogens is 1. The third-order valence-electron chi connectivity index (χ3n) is 5.35. The number of ether oxygens (including phenoxy) is 6. The van der Waals surface area contributed by atoms with Crippen LogP contribution in [0.25, 0.3) is 11.1 Å². The van der Waals surface area contributed by atoms with Crippen LogP contribution in [0, 0.1) is 5.82 Å². The summed E-state index contributed by atoms with van der Waals surface area (Å²) in [5.74, 6) is 0.682. The SMILES string of the molecule is Fc1cc(-c2ccc(OCCCCC3OC=CO3)cc2)ccc1OCCCCC1OC=CO1. The minimum absolute atomic E-state index is 0.161. The highest BCUT2D eigenvalue weighted by Gasteiger charge is 2.12. The van der Waals surface area contributed by atoms with E-state index < -0.39 is 0 Å². The fourth-order valence-electron chi connectivity index (χ4n) is 3.55. The van der Waals surface area contributed by atoms with Gasteiger partial charge >= 0.3 is 0 Å². The lowest BCUT2D eigenvalue weighted by molar-refractivity contribution is -0.0301. The Hall–Kier alpha value is -3.35. The molecule has 0 N–H and O–H groups in total. The fraction of sp³-hybridized carbons (Fsp3) is 0.385. The molecule has 4 rings (SSSR count). The summed E-state index contributed by atoms with van der Waals surface area (Å²) in [6.07, 6.45) is 11.0. The molecule has 0 fully saturated rings. The molecule has 6 nitrogen and oxygen atoms in total. The van der Waals surface area contributed by atoms with E-state index in [2.05, 4.69) is 0 Å². The Labute approximate surface area is 193 Å². The summed E-state index contributed by atoms with van der Waals surface area (Å²) in [6, 6.07) is 12.7. The molecule has 7 heteroatoms. The first-order valence-corrected chi connectivity index (χ1v) is 11.4. The summed E-state index contributed by atoms with van der Waals surface area (Å²) >= 11 is 0. The van der Waals surface area contributed by atoms with Gasteiger partial charge in [0.1, 0.15) is 30.8 Å². The van der Waals surface area contributed by atoms with Gasteiger partial charge in [-0.3, -0.25) is 0 Å². The second-order valence-electron chi connectivity index (χ2n) is 7.81. The van der Waals surface area contributed by atoms with Gasteiger partial charge in [0.15, 0.2) is 11.6 Å². The van der Waals surface area contributed by atoms with Crippen molar-refractivity contribution in [3.63, 3.8) is 0 Å². The van der Waals surface area contributed by atoms with Crippen molar-refractivity contribution < 1.29 is 32.8 Å². The molecule has 0 amide bonds. The molecule has 0 aliphatic carbocycles. The van der Waals surface area contributed by atoms with Crippen LogP contribution in [0.3, 0.4) is 0 Å². The molecule has 2 heterocycles. The quantitative estimate of drug-likeness (QED) is 0.331. The van der Waals surface area contributed by atoms with Crippen molar-refractivity contribution in [3.05, 3.63) is 73.3 Å². The average Bonchev–Trinajstić information content (AvgIpc) is 3.54. The molecule has 176 valence electrons. The Kier molecular flexibility index (Phi) is 8.33. The van der Waals surface area contributed by atoms with Gasteiger partial charge in [0, 0.05) is 12.8 Å². The Morgan fingerprint density at radius 2 is 1.18 bits per heavy atom. The van der Waals surface area contributed by atoms with E-state index in [1.165, 1.54) is 6.07 Å². The van der Waals surface area contributed by atoms with Crippen LogP contribution in [0.1, 0.15) is 38.5 Å². The maximum atomic E-state index is 14.5. The molecule has 33 heavy (non-hydrogen) atoms. The standard InChI is InChI=1S/C26H29FO6/c27-23-19-21(9-12-24(23)29-14-4-2-6-26-32-17-18-33-26)20-7-10-22(11-8-20)28-13-3-1-5-25-30-15-16-31-25/h7-12,15-19,25-26H,1-6,13-14H2. The predicted octanol–water partition coefficient (Wildman–Crippen LogP) is 6.28. The van der Waals surface area contributed by atoms with Gasteiger partial charge in [0.25, 0.3) is 0 Å². The smallest absolute Gasteiger partial charge is 0.239 e. The summed E-state index contributed by atoms with van der Waals surface area (Å²) in [7, 11) is 0. The molecule has 0 aromatic heterocycles. The van der Waals surface area contributed by atoms with Crippen molar-refractivity contribution in [2.24, 2.45) is 0 Å². The maximum Gasteiger partial charge on any atom is 0.239 e. The van der Waals surface area contributed by atoms with Crippen LogP contribution in [0.4, 0.5) is 4.39 Å². The third kappa shape index (κ3) is 7.07. The van der Waals surface area contributed by atoms with Gasteiger partial charge in [-0.1, -0.05) is 18.2 Å². The molecule has 2 aliphatic heterocycles. The normalized spacial score (nSPS) is 15.1. The third-order valence-corrected chi connectivity index (χ3v) is 5.35. The number of unbranched alkanes of at least 4 members (excludes halogenated alkanes) is 2. The molecule has 0 radical (unpaired) electrons. The zero-order valence-electron chi connectivity index (χ0n) is 18.5. The zero-order valence-corrected chi connectivity index (χ0v) is 18.5. The largest absolute Gasteiger partial charge is 0.494 e. The molecule has 0 saturated carbocycles. The second kappa shape index (κ2) is 12.0. The van der Waals surface area contributed by atoms with Crippen molar-refractivity contribution >= 4 is 0 Å². The van der Waals surface area contributed by atoms with Crippen LogP contribution < -0.4 is 9.47 Å². The van der Waals surface area contributed by atoms with Crippen molar-refractivity contribution in [2.45, 2.75) is 51.1 Å². The van der Waals surface area contributed by atoms with E-state index in [0.717, 1.165) is 55.4 Å². The molecule has 2 aromatic rings. The van der Waals surface area contributed by atoms with E-state index in [-0.39, 0.29) is 24.1 Å². The molecule has 2 aromatic carbocycles. The highest BCUT2D eigenvalue weighted by molar-refractivity contribution is 5.65. The molecular weight excluding hydrogens is 427 g/mol. The molecule has 0 unspecified atom stereocenters. The van der Waals surface area contributed by atoms with Gasteiger partial charge in [-0.25, -0.2) is 4.39 Å². The topological polar surface area (TPSA) is 55.4 Å². The maximum absolute atomic E-state index is 14.5. The fourth-order valence-corrected chi connectivity index (χ4v) is 3.55. The van der Waals surface area contributed by atoms with Crippen LogP contribution in [-0.4, -0.2) is 25.8 Å². The van der Waals surface area contributed by atoms with Gasteiger partial charge < -0.3 is 28.4 Å². The molecular formula is C26H29FO6. The lowest BCUT2D eigenvalue weighted by Gasteiger charge is -2.12. The van der Waals surface area contributed by atoms with Crippen LogP contribution in [-0.2, 0) is 18.9 Å². The molecule has 0 spiro atoms. The second-order valence-corrected chi connectivity index (χ2v) is 7.81. The lowest BCUT2D eigenvalue weighted by Crippen LogP contribution is -2.08. The average molecular weight is 457 g/mol. The van der Waals surface area contributed by atoms with E-state index in [1.807, 2.05) is 30.3 Å². The summed E-state index contributed by atoms with van der Waals surface area (Å²) in [5, 5.41) is 0. The predicted molar refractivity (Wildman–Crippen MR) is 121 cm³/mol. The first-order valence-electron chi connectivity index (χ1n) is 11.4. The van der Waals surface area contributed by atoms with Crippen LogP contribution in [0.2, 0.25) is 0 Å². The zero-order chi connectivity index (χ0) is 22.7. The summed E-state index contributed by atoms with van der Waals surface area (Å²) in [6.45, 7) is 1.07. The Morgan fingerprint density at radius 3 is 1.76 bits per heavy atom. The summed E-state index contributed by atoms with van der Waals surface area (Å²) in [5.41, 5.74) is 1.71. The van der Waals surface area contributed by atoms with E-state index in [4.69, 9.17) is 28.4 Å². The van der Waals surface area contributed by atoms with Gasteiger partial charge in [-0.15, -0.1) is 0 Å². The molecule has 2 aliphatic rings. The molecule has 0 atom stereocenters. The van der Waals surface area contributed by atoms with Crippen LogP contribution in [0.15, 0.2) is 67.5 Å². The highest BCUT2D eigenvalue weighted by Crippen LogP contribution is 2.27. The Bertz CT molecular complexity index is 911. The van der Waals surface area contributed by atoms with Crippen molar-refractivity contribution in [1.82, 2.24) is 0 Å². The Balaban J connectivity index is 1.16. The van der Waals surface area contributed by atoms with Gasteiger partial charge in [0.2, 0.25) is 12.6 Å². The molecule has 0 saturated heterocycles. The number of hydrogen-bond acceptors (Lipinski definition) is 6. The van der Waals surface area contributed by atoms with E-state index in [0.29, 0.717) is 13.2 Å². The van der Waals surface area contributed by atoms with Gasteiger partial charge in [0.05, 0.1) is 13.2 Å². The van der Waals surface area contributed by atoms with Gasteiger partial charge in [-0.2, -0.15) is 0 Å². The first-order chi connectivity index (χ1) is 16.3. The van der Waals surface area contributed by atoms with Gasteiger partial charge in [-0.05, 0) is 61.1 Å². The molecule has 0 bridgehead atoms. The summed E-state index contributed by atoms with van der Waals surface area (Å²) in [4.78, 5) is 0. The van der Waals surface area contributed by atoms with Crippen LogP contribution >= 0.6 is 0 Å². The van der Waals surface area contributed by atoms with E-state index >= 15 is 0 Å². The van der Waals surface area contributed by atoms with Crippen molar-refractivity contribution in [2.75, 3.05) is 13.2 Å². The summed E-state index contributed by atoms with van der Waals surface area (Å²) < 4.78 is 46.8.